The van der Waals surface area contributed by atoms with Crippen LogP contribution < -0.4 is 5.73 Å². The van der Waals surface area contributed by atoms with Crippen molar-refractivity contribution < 1.29 is 9.21 Å². The number of carbonyl (C=O) groups is 1. The predicted octanol–water partition coefficient (Wildman–Crippen LogP) is 0.829. The zero-order valence-electron chi connectivity index (χ0n) is 12.4. The van der Waals surface area contributed by atoms with Crippen LogP contribution in [0.1, 0.15) is 17.9 Å². The molecule has 0 saturated heterocycles. The average molecular weight is 277 g/mol. The highest BCUT2D eigenvalue weighted by Crippen LogP contribution is 2.11. The summed E-state index contributed by atoms with van der Waals surface area (Å²) in [7, 11) is 3.92. The standard InChI is InChI=1S/C15H23N3O2/c1-5-6-14(16)15(19)18(10-9-17(3)4)11-13-8-7-12(2)20-13/h1,7-8,14H,6,9-11,16H2,2-4H3. The van der Waals surface area contributed by atoms with Gasteiger partial charge >= 0.3 is 0 Å². The van der Waals surface area contributed by atoms with E-state index in [1.54, 1.807) is 4.90 Å². The molecule has 1 heterocycles. The summed E-state index contributed by atoms with van der Waals surface area (Å²) < 4.78 is 5.52. The van der Waals surface area contributed by atoms with Crippen LogP contribution in [-0.2, 0) is 11.3 Å². The van der Waals surface area contributed by atoms with E-state index in [1.807, 2.05) is 38.1 Å². The summed E-state index contributed by atoms with van der Waals surface area (Å²) in [5.74, 6) is 3.87. The van der Waals surface area contributed by atoms with E-state index >= 15 is 0 Å². The zero-order chi connectivity index (χ0) is 15.1. The molecule has 5 heteroatoms. The molecule has 2 N–H and O–H groups in total. The van der Waals surface area contributed by atoms with Gasteiger partial charge in [0.15, 0.2) is 0 Å². The van der Waals surface area contributed by atoms with Crippen molar-refractivity contribution in [2.75, 3.05) is 27.2 Å². The number of nitrogens with zero attached hydrogens (tertiary/aromatic N) is 2. The second-order valence-electron chi connectivity index (χ2n) is 5.09. The summed E-state index contributed by atoms with van der Waals surface area (Å²) in [6, 6.07) is 3.10. The summed E-state index contributed by atoms with van der Waals surface area (Å²) in [5.41, 5.74) is 5.82. The van der Waals surface area contributed by atoms with Crippen molar-refractivity contribution in [1.82, 2.24) is 9.80 Å². The minimum absolute atomic E-state index is 0.140. The molecule has 0 bridgehead atoms. The van der Waals surface area contributed by atoms with Crippen molar-refractivity contribution in [3.63, 3.8) is 0 Å². The summed E-state index contributed by atoms with van der Waals surface area (Å²) in [6.07, 6.45) is 5.46. The molecule has 0 aliphatic rings. The van der Waals surface area contributed by atoms with Crippen molar-refractivity contribution in [3.05, 3.63) is 23.7 Å². The zero-order valence-corrected chi connectivity index (χ0v) is 12.4. The maximum atomic E-state index is 12.3. The third-order valence-corrected chi connectivity index (χ3v) is 2.93. The predicted molar refractivity (Wildman–Crippen MR) is 78.8 cm³/mol. The lowest BCUT2D eigenvalue weighted by atomic mass is 10.2. The highest BCUT2D eigenvalue weighted by molar-refractivity contribution is 5.81. The topological polar surface area (TPSA) is 62.7 Å². The number of aryl methyl sites for hydroxylation is 1. The Kier molecular flexibility index (Phi) is 6.29. The Morgan fingerprint density at radius 2 is 2.15 bits per heavy atom. The number of furan rings is 1. The Morgan fingerprint density at radius 1 is 1.45 bits per heavy atom. The van der Waals surface area contributed by atoms with Crippen LogP contribution in [0.4, 0.5) is 0 Å². The van der Waals surface area contributed by atoms with Gasteiger partial charge in [0.05, 0.1) is 12.6 Å². The summed E-state index contributed by atoms with van der Waals surface area (Å²) >= 11 is 0. The van der Waals surface area contributed by atoms with Gasteiger partial charge in [0.2, 0.25) is 5.91 Å². The van der Waals surface area contributed by atoms with Crippen LogP contribution in [0.5, 0.6) is 0 Å². The van der Waals surface area contributed by atoms with Crippen LogP contribution in [0.15, 0.2) is 16.5 Å². The fraction of sp³-hybridized carbons (Fsp3) is 0.533. The summed E-state index contributed by atoms with van der Waals surface area (Å²) in [6.45, 7) is 3.64. The fourth-order valence-corrected chi connectivity index (χ4v) is 1.79. The number of carbonyl (C=O) groups excluding carboxylic acids is 1. The third kappa shape index (κ3) is 5.08. The van der Waals surface area contributed by atoms with Gasteiger partial charge in [-0.25, -0.2) is 0 Å². The number of hydrogen-bond acceptors (Lipinski definition) is 4. The van der Waals surface area contributed by atoms with E-state index in [0.717, 1.165) is 18.1 Å². The molecular weight excluding hydrogens is 254 g/mol. The Bertz CT molecular complexity index is 474. The van der Waals surface area contributed by atoms with Gasteiger partial charge in [0.25, 0.3) is 0 Å². The van der Waals surface area contributed by atoms with Crippen LogP contribution in [0.25, 0.3) is 0 Å². The number of nitrogens with two attached hydrogens (primary N) is 1. The van der Waals surface area contributed by atoms with Gasteiger partial charge in [0.1, 0.15) is 11.5 Å². The molecule has 1 rings (SSSR count). The van der Waals surface area contributed by atoms with Gasteiger partial charge in [-0.05, 0) is 33.2 Å². The van der Waals surface area contributed by atoms with Gasteiger partial charge in [-0.2, -0.15) is 0 Å². The minimum atomic E-state index is -0.654. The van der Waals surface area contributed by atoms with Gasteiger partial charge < -0.3 is 20.0 Å². The number of amides is 1. The molecule has 5 nitrogen and oxygen atoms in total. The maximum Gasteiger partial charge on any atom is 0.240 e. The second-order valence-corrected chi connectivity index (χ2v) is 5.09. The quantitative estimate of drug-likeness (QED) is 0.750. The number of likely N-dealkylation sites (N-methyl/N-ethyl adjacent to an activating group) is 1. The summed E-state index contributed by atoms with van der Waals surface area (Å²) in [4.78, 5) is 16.0. The average Bonchev–Trinajstić information content (AvgIpc) is 2.79. The molecule has 1 amide bonds. The molecule has 0 aliphatic heterocycles. The number of terminal acetylenes is 1. The smallest absolute Gasteiger partial charge is 0.240 e. The maximum absolute atomic E-state index is 12.3. The molecule has 0 radical (unpaired) electrons. The van der Waals surface area contributed by atoms with Crippen molar-refractivity contribution in [1.29, 1.82) is 0 Å². The van der Waals surface area contributed by atoms with Gasteiger partial charge in [0, 0.05) is 19.5 Å². The first-order valence-electron chi connectivity index (χ1n) is 6.62. The molecule has 0 spiro atoms. The van der Waals surface area contributed by atoms with E-state index in [2.05, 4.69) is 5.92 Å². The normalized spacial score (nSPS) is 12.2. The molecule has 0 aliphatic carbocycles. The first-order valence-corrected chi connectivity index (χ1v) is 6.62. The van der Waals surface area contributed by atoms with Gasteiger partial charge in [-0.15, -0.1) is 12.3 Å². The van der Waals surface area contributed by atoms with Gasteiger partial charge in [-0.3, -0.25) is 4.79 Å². The van der Waals surface area contributed by atoms with Crippen LogP contribution >= 0.6 is 0 Å². The lowest BCUT2D eigenvalue weighted by molar-refractivity contribution is -0.133. The van der Waals surface area contributed by atoms with Crippen LogP contribution in [0.3, 0.4) is 0 Å². The number of rotatable bonds is 7. The molecule has 1 unspecified atom stereocenters. The van der Waals surface area contributed by atoms with Crippen molar-refractivity contribution >= 4 is 5.91 Å². The number of hydrogen-bond donors (Lipinski definition) is 1. The van der Waals surface area contributed by atoms with Crippen LogP contribution in [0.2, 0.25) is 0 Å². The van der Waals surface area contributed by atoms with E-state index in [1.165, 1.54) is 0 Å². The van der Waals surface area contributed by atoms with E-state index in [-0.39, 0.29) is 12.3 Å². The SMILES string of the molecule is C#CCC(N)C(=O)N(CCN(C)C)Cc1ccc(C)o1. The van der Waals surface area contributed by atoms with E-state index in [9.17, 15) is 4.79 Å². The largest absolute Gasteiger partial charge is 0.464 e. The van der Waals surface area contributed by atoms with E-state index in [4.69, 9.17) is 16.6 Å². The Balaban J connectivity index is 2.73. The molecule has 110 valence electrons. The minimum Gasteiger partial charge on any atom is -0.464 e. The highest BCUT2D eigenvalue weighted by Gasteiger charge is 2.21. The molecule has 0 aromatic carbocycles. The Morgan fingerprint density at radius 3 is 2.65 bits per heavy atom. The van der Waals surface area contributed by atoms with Crippen molar-refractivity contribution in [2.24, 2.45) is 5.73 Å². The Hall–Kier alpha value is -1.77. The van der Waals surface area contributed by atoms with Gasteiger partial charge in [-0.1, -0.05) is 0 Å². The molecule has 1 aromatic heterocycles. The molecule has 20 heavy (non-hydrogen) atoms. The monoisotopic (exact) mass is 277 g/mol. The van der Waals surface area contributed by atoms with E-state index in [0.29, 0.717) is 13.1 Å². The first kappa shape index (κ1) is 16.3. The third-order valence-electron chi connectivity index (χ3n) is 2.93. The second kappa shape index (κ2) is 7.73. The van der Waals surface area contributed by atoms with Crippen LogP contribution in [-0.4, -0.2) is 48.9 Å². The first-order chi connectivity index (χ1) is 9.43. The molecule has 0 fully saturated rings. The van der Waals surface area contributed by atoms with Crippen molar-refractivity contribution in [3.8, 4) is 12.3 Å². The van der Waals surface area contributed by atoms with Crippen molar-refractivity contribution in [2.45, 2.75) is 25.9 Å². The molecule has 1 atom stereocenters. The van der Waals surface area contributed by atoms with Crippen LogP contribution in [0, 0.1) is 19.3 Å². The lowest BCUT2D eigenvalue weighted by Crippen LogP contribution is -2.45. The highest BCUT2D eigenvalue weighted by atomic mass is 16.3. The fourth-order valence-electron chi connectivity index (χ4n) is 1.79. The molecule has 0 saturated carbocycles. The molecule has 1 aromatic rings. The lowest BCUT2D eigenvalue weighted by Gasteiger charge is -2.25. The van der Waals surface area contributed by atoms with E-state index < -0.39 is 6.04 Å². The Labute approximate surface area is 120 Å². The summed E-state index contributed by atoms with van der Waals surface area (Å²) in [5, 5.41) is 0. The molecular formula is C15H23N3O2.